The van der Waals surface area contributed by atoms with Crippen LogP contribution in [0.25, 0.3) is 10.9 Å². The minimum Gasteiger partial charge on any atom is -0.364 e. The summed E-state index contributed by atoms with van der Waals surface area (Å²) in [5.74, 6) is -2.66. The maximum absolute atomic E-state index is 14.1. The molecule has 1 saturated carbocycles. The zero-order valence-electron chi connectivity index (χ0n) is 20.5. The van der Waals surface area contributed by atoms with Crippen LogP contribution in [0.4, 0.5) is 10.1 Å². The molecule has 0 saturated heterocycles. The number of primary amides is 1. The smallest absolute Gasteiger partial charge is 0.269 e. The summed E-state index contributed by atoms with van der Waals surface area (Å²) in [6.45, 7) is 0.988. The molecule has 1 heterocycles. The Kier molecular flexibility index (Phi) is 7.93. The second kappa shape index (κ2) is 11.2. The van der Waals surface area contributed by atoms with E-state index < -0.39 is 29.6 Å². The Morgan fingerprint density at radius 3 is 2.63 bits per heavy atom. The molecule has 1 aliphatic carbocycles. The topological polar surface area (TPSA) is 165 Å². The van der Waals surface area contributed by atoms with Gasteiger partial charge in [0.15, 0.2) is 5.69 Å². The van der Waals surface area contributed by atoms with Crippen molar-refractivity contribution < 1.29 is 23.6 Å². The number of hydrogen-bond acceptors (Lipinski definition) is 6. The van der Waals surface area contributed by atoms with Crippen molar-refractivity contribution in [1.82, 2.24) is 20.0 Å². The molecule has 1 fully saturated rings. The molecule has 2 aromatic carbocycles. The number of hydrogen-bond donors (Lipinski definition) is 4. The Morgan fingerprint density at radius 1 is 1.24 bits per heavy atom. The SMILES string of the molecule is CC(N)C(=O)Nc1ccc2c(c1)c(C(N)=O)nn2CC(=O)N(CC(=O)NCc1cccc(Cl)c1F)C1CC1. The fourth-order valence-corrected chi connectivity index (χ4v) is 4.13. The molecule has 13 heteroatoms. The molecule has 1 atom stereocenters. The Morgan fingerprint density at radius 2 is 1.97 bits per heavy atom. The van der Waals surface area contributed by atoms with Crippen LogP contribution in [-0.2, 0) is 27.5 Å². The molecule has 0 aliphatic heterocycles. The standard InChI is InChI=1S/C25H27ClFN7O4/c1-13(28)25(38)31-15-5-8-19-17(9-15)23(24(29)37)32-34(19)12-21(36)33(16-6-7-16)11-20(35)30-10-14-3-2-4-18(26)22(14)27/h2-5,8-9,13,16H,6-7,10-12,28H2,1H3,(H2,29,37)(H,30,35)(H,31,38). The Labute approximate surface area is 222 Å². The van der Waals surface area contributed by atoms with E-state index in [0.29, 0.717) is 16.6 Å². The number of benzene rings is 2. The Bertz CT molecular complexity index is 1420. The van der Waals surface area contributed by atoms with Gasteiger partial charge in [-0.05, 0) is 44.0 Å². The van der Waals surface area contributed by atoms with Crippen molar-refractivity contribution in [3.05, 3.63) is 58.5 Å². The van der Waals surface area contributed by atoms with Gasteiger partial charge in [-0.25, -0.2) is 4.39 Å². The van der Waals surface area contributed by atoms with Crippen LogP contribution in [-0.4, -0.2) is 56.9 Å². The minimum absolute atomic E-state index is 0.0447. The Hall–Kier alpha value is -4.03. The van der Waals surface area contributed by atoms with Crippen LogP contribution in [0.1, 0.15) is 35.8 Å². The number of fused-ring (bicyclic) bond motifs is 1. The van der Waals surface area contributed by atoms with Gasteiger partial charge in [0.2, 0.25) is 17.7 Å². The molecule has 200 valence electrons. The van der Waals surface area contributed by atoms with E-state index in [2.05, 4.69) is 15.7 Å². The molecule has 11 nitrogen and oxygen atoms in total. The summed E-state index contributed by atoms with van der Waals surface area (Å²) in [7, 11) is 0. The number of nitrogens with two attached hydrogens (primary N) is 2. The monoisotopic (exact) mass is 543 g/mol. The average molecular weight is 544 g/mol. The lowest BCUT2D eigenvalue weighted by Gasteiger charge is -2.22. The average Bonchev–Trinajstić information content (AvgIpc) is 3.65. The zero-order valence-corrected chi connectivity index (χ0v) is 21.3. The molecule has 0 bridgehead atoms. The molecule has 1 aromatic heterocycles. The number of carbonyl (C=O) groups excluding carboxylic acids is 4. The third-order valence-electron chi connectivity index (χ3n) is 6.08. The highest BCUT2D eigenvalue weighted by molar-refractivity contribution is 6.30. The van der Waals surface area contributed by atoms with E-state index in [1.54, 1.807) is 18.2 Å². The van der Waals surface area contributed by atoms with Crippen molar-refractivity contribution in [3.8, 4) is 0 Å². The van der Waals surface area contributed by atoms with Crippen molar-refractivity contribution in [3.63, 3.8) is 0 Å². The van der Waals surface area contributed by atoms with Crippen LogP contribution in [0.5, 0.6) is 0 Å². The molecule has 4 rings (SSSR count). The van der Waals surface area contributed by atoms with Gasteiger partial charge in [-0.1, -0.05) is 23.7 Å². The number of halogens is 2. The molecule has 3 aromatic rings. The van der Waals surface area contributed by atoms with Crippen molar-refractivity contribution in [2.24, 2.45) is 11.5 Å². The minimum atomic E-state index is -0.802. The number of nitrogens with zero attached hydrogens (tertiary/aromatic N) is 3. The van der Waals surface area contributed by atoms with Gasteiger partial charge in [-0.3, -0.25) is 23.9 Å². The van der Waals surface area contributed by atoms with Gasteiger partial charge in [0, 0.05) is 29.2 Å². The normalized spacial score (nSPS) is 13.7. The molecule has 6 N–H and O–H groups in total. The van der Waals surface area contributed by atoms with Gasteiger partial charge in [-0.15, -0.1) is 0 Å². The van der Waals surface area contributed by atoms with E-state index in [0.717, 1.165) is 12.8 Å². The molecule has 38 heavy (non-hydrogen) atoms. The first kappa shape index (κ1) is 27.0. The lowest BCUT2D eigenvalue weighted by atomic mass is 10.1. The summed E-state index contributed by atoms with van der Waals surface area (Å²) >= 11 is 5.79. The van der Waals surface area contributed by atoms with Gasteiger partial charge < -0.3 is 27.0 Å². The second-order valence-electron chi connectivity index (χ2n) is 9.12. The quantitative estimate of drug-likeness (QED) is 0.302. The molecule has 0 spiro atoms. The molecule has 1 aliphatic rings. The largest absolute Gasteiger partial charge is 0.364 e. The first-order valence-corrected chi connectivity index (χ1v) is 12.3. The summed E-state index contributed by atoms with van der Waals surface area (Å²) in [6, 6.07) is 8.39. The predicted molar refractivity (Wildman–Crippen MR) is 139 cm³/mol. The maximum Gasteiger partial charge on any atom is 0.269 e. The number of carbonyl (C=O) groups is 4. The van der Waals surface area contributed by atoms with Crippen LogP contribution in [0.15, 0.2) is 36.4 Å². The van der Waals surface area contributed by atoms with Crippen LogP contribution in [0.2, 0.25) is 5.02 Å². The van der Waals surface area contributed by atoms with E-state index in [-0.39, 0.29) is 47.9 Å². The number of nitrogens with one attached hydrogen (secondary N) is 2. The van der Waals surface area contributed by atoms with E-state index >= 15 is 0 Å². The van der Waals surface area contributed by atoms with Crippen molar-refractivity contribution in [2.45, 2.75) is 44.9 Å². The lowest BCUT2D eigenvalue weighted by Crippen LogP contribution is -2.43. The van der Waals surface area contributed by atoms with Gasteiger partial charge in [0.25, 0.3) is 5.91 Å². The van der Waals surface area contributed by atoms with E-state index in [1.807, 2.05) is 0 Å². The van der Waals surface area contributed by atoms with E-state index in [4.69, 9.17) is 23.1 Å². The van der Waals surface area contributed by atoms with Crippen LogP contribution < -0.4 is 22.1 Å². The summed E-state index contributed by atoms with van der Waals surface area (Å²) < 4.78 is 15.5. The van der Waals surface area contributed by atoms with E-state index in [9.17, 15) is 23.6 Å². The molecule has 0 radical (unpaired) electrons. The summed E-state index contributed by atoms with van der Waals surface area (Å²) in [5.41, 5.74) is 12.1. The third kappa shape index (κ3) is 6.09. The van der Waals surface area contributed by atoms with E-state index in [1.165, 1.54) is 34.7 Å². The zero-order chi connectivity index (χ0) is 27.6. The highest BCUT2D eigenvalue weighted by Crippen LogP contribution is 2.28. The number of rotatable bonds is 10. The molecular formula is C25H27ClFN7O4. The summed E-state index contributed by atoms with van der Waals surface area (Å²) in [4.78, 5) is 51.3. The third-order valence-corrected chi connectivity index (χ3v) is 6.37. The highest BCUT2D eigenvalue weighted by Gasteiger charge is 2.34. The molecule has 4 amide bonds. The molecule has 1 unspecified atom stereocenters. The fourth-order valence-electron chi connectivity index (χ4n) is 3.93. The van der Waals surface area contributed by atoms with Gasteiger partial charge >= 0.3 is 0 Å². The van der Waals surface area contributed by atoms with Crippen LogP contribution >= 0.6 is 11.6 Å². The number of aromatic nitrogens is 2. The lowest BCUT2D eigenvalue weighted by molar-refractivity contribution is -0.137. The van der Waals surface area contributed by atoms with Crippen molar-refractivity contribution in [1.29, 1.82) is 0 Å². The fraction of sp³-hybridized carbons (Fsp3) is 0.320. The second-order valence-corrected chi connectivity index (χ2v) is 9.53. The first-order chi connectivity index (χ1) is 18.0. The van der Waals surface area contributed by atoms with Gasteiger partial charge in [-0.2, -0.15) is 5.10 Å². The van der Waals surface area contributed by atoms with Crippen molar-refractivity contribution >= 4 is 51.8 Å². The predicted octanol–water partition coefficient (Wildman–Crippen LogP) is 1.52. The molecular weight excluding hydrogens is 517 g/mol. The number of amides is 4. The van der Waals surface area contributed by atoms with Crippen LogP contribution in [0.3, 0.4) is 0 Å². The highest BCUT2D eigenvalue weighted by atomic mass is 35.5. The number of anilines is 1. The van der Waals surface area contributed by atoms with Crippen LogP contribution in [0, 0.1) is 5.82 Å². The Balaban J connectivity index is 1.49. The van der Waals surface area contributed by atoms with Crippen molar-refractivity contribution in [2.75, 3.05) is 11.9 Å². The maximum atomic E-state index is 14.1. The first-order valence-electron chi connectivity index (χ1n) is 11.9. The van der Waals surface area contributed by atoms with Gasteiger partial charge in [0.1, 0.15) is 12.4 Å². The summed E-state index contributed by atoms with van der Waals surface area (Å²) in [5, 5.41) is 9.79. The summed E-state index contributed by atoms with van der Waals surface area (Å²) in [6.07, 6.45) is 1.49. The van der Waals surface area contributed by atoms with Gasteiger partial charge in [0.05, 0.1) is 23.1 Å².